The molecule has 0 radical (unpaired) electrons. The van der Waals surface area contributed by atoms with Crippen molar-refractivity contribution in [2.24, 2.45) is 0 Å². The van der Waals surface area contributed by atoms with Gasteiger partial charge < -0.3 is 19.7 Å². The van der Waals surface area contributed by atoms with Gasteiger partial charge in [0, 0.05) is 42.7 Å². The van der Waals surface area contributed by atoms with Gasteiger partial charge in [-0.25, -0.2) is 0 Å². The highest BCUT2D eigenvalue weighted by Gasteiger charge is 2.25. The number of nitrogens with one attached hydrogen (secondary N) is 1. The van der Waals surface area contributed by atoms with Crippen molar-refractivity contribution in [3.63, 3.8) is 0 Å². The first-order valence-corrected chi connectivity index (χ1v) is 18.1. The van der Waals surface area contributed by atoms with Crippen LogP contribution in [0.4, 0.5) is 5.69 Å². The second-order valence-electron chi connectivity index (χ2n) is 13.5. The summed E-state index contributed by atoms with van der Waals surface area (Å²) in [5.41, 5.74) is 10.9. The molecule has 2 amide bonds. The zero-order valence-corrected chi connectivity index (χ0v) is 30.4. The lowest BCUT2D eigenvalue weighted by molar-refractivity contribution is 0.0595. The number of nitrogens with zero attached hydrogens (tertiary/aromatic N) is 1. The molecule has 6 nitrogen and oxygen atoms in total. The Bertz CT molecular complexity index is 1930. The molecule has 0 bridgehead atoms. The fourth-order valence-electron chi connectivity index (χ4n) is 6.89. The predicted octanol–water partition coefficient (Wildman–Crippen LogP) is 9.92. The Morgan fingerprint density at radius 3 is 1.90 bits per heavy atom. The van der Waals surface area contributed by atoms with Crippen LogP contribution >= 0.6 is 0 Å². The van der Waals surface area contributed by atoms with Crippen molar-refractivity contribution in [3.8, 4) is 22.6 Å². The van der Waals surface area contributed by atoms with Crippen molar-refractivity contribution < 1.29 is 19.1 Å². The van der Waals surface area contributed by atoms with E-state index < -0.39 is 0 Å². The third-order valence-electron chi connectivity index (χ3n) is 9.84. The van der Waals surface area contributed by atoms with E-state index in [1.54, 1.807) is 0 Å². The molecule has 262 valence electrons. The quantitative estimate of drug-likeness (QED) is 0.151. The number of carbonyl (C=O) groups is 2. The number of rotatable bonds is 11. The van der Waals surface area contributed by atoms with Crippen LogP contribution < -0.4 is 14.8 Å². The van der Waals surface area contributed by atoms with E-state index in [2.05, 4.69) is 61.6 Å². The molecule has 51 heavy (non-hydrogen) atoms. The molecule has 1 aliphatic rings. The average Bonchev–Trinajstić information content (AvgIpc) is 3.15. The summed E-state index contributed by atoms with van der Waals surface area (Å²) in [4.78, 5) is 28.3. The lowest BCUT2D eigenvalue weighted by Crippen LogP contribution is -2.41. The van der Waals surface area contributed by atoms with Crippen LogP contribution in [0.2, 0.25) is 0 Å². The van der Waals surface area contributed by atoms with E-state index in [4.69, 9.17) is 9.47 Å². The molecule has 6 heteroatoms. The van der Waals surface area contributed by atoms with Crippen LogP contribution in [0.1, 0.15) is 80.8 Å². The summed E-state index contributed by atoms with van der Waals surface area (Å²) < 4.78 is 12.4. The van der Waals surface area contributed by atoms with Gasteiger partial charge in [0.1, 0.15) is 24.2 Å². The fourth-order valence-corrected chi connectivity index (χ4v) is 6.89. The first-order valence-electron chi connectivity index (χ1n) is 18.1. The minimum atomic E-state index is -0.0666. The summed E-state index contributed by atoms with van der Waals surface area (Å²) in [5, 5.41) is 3.23. The molecule has 5 aromatic carbocycles. The largest absolute Gasteiger partial charge is 0.490 e. The fraction of sp³-hybridized carbons (Fsp3) is 0.289. The molecule has 0 atom stereocenters. The van der Waals surface area contributed by atoms with E-state index in [-0.39, 0.29) is 17.9 Å². The van der Waals surface area contributed by atoms with Crippen molar-refractivity contribution in [2.45, 2.75) is 73.0 Å². The third-order valence-corrected chi connectivity index (χ3v) is 9.84. The maximum atomic E-state index is 13.5. The molecular formula is C45H48N2O4. The molecule has 0 spiro atoms. The molecule has 1 aliphatic heterocycles. The number of para-hydroxylation sites is 1. The molecule has 1 N–H and O–H groups in total. The number of likely N-dealkylation sites (tertiary alicyclic amines) is 1. The van der Waals surface area contributed by atoms with Gasteiger partial charge in [0.05, 0.1) is 0 Å². The van der Waals surface area contributed by atoms with E-state index in [1.165, 1.54) is 0 Å². The van der Waals surface area contributed by atoms with Crippen molar-refractivity contribution in [2.75, 3.05) is 18.4 Å². The molecule has 0 aromatic heterocycles. The normalized spacial score (nSPS) is 13.2. The van der Waals surface area contributed by atoms with E-state index in [1.807, 2.05) is 86.3 Å². The van der Waals surface area contributed by atoms with Crippen LogP contribution in [0.15, 0.2) is 103 Å². The highest BCUT2D eigenvalue weighted by atomic mass is 16.5. The zero-order chi connectivity index (χ0) is 35.9. The Morgan fingerprint density at radius 1 is 0.725 bits per heavy atom. The Hall–Kier alpha value is -5.36. The molecule has 0 unspecified atom stereocenters. The van der Waals surface area contributed by atoms with Gasteiger partial charge in [-0.05, 0) is 109 Å². The maximum absolute atomic E-state index is 13.5. The number of benzene rings is 5. The molecule has 1 saturated heterocycles. The van der Waals surface area contributed by atoms with Crippen LogP contribution in [0.5, 0.6) is 11.5 Å². The molecule has 0 saturated carbocycles. The van der Waals surface area contributed by atoms with Gasteiger partial charge in [0.2, 0.25) is 0 Å². The Labute approximate surface area is 302 Å². The number of ether oxygens (including phenoxy) is 2. The Balaban J connectivity index is 1.00. The van der Waals surface area contributed by atoms with Gasteiger partial charge in [-0.15, -0.1) is 0 Å². The number of hydrogen-bond donors (Lipinski definition) is 1. The number of aryl methyl sites for hydroxylation is 5. The smallest absolute Gasteiger partial charge is 0.256 e. The molecule has 5 aromatic rings. The molecule has 1 fully saturated rings. The summed E-state index contributed by atoms with van der Waals surface area (Å²) in [6, 6.07) is 34.3. The van der Waals surface area contributed by atoms with E-state index in [0.29, 0.717) is 19.7 Å². The molecule has 1 heterocycles. The summed E-state index contributed by atoms with van der Waals surface area (Å²) >= 11 is 0. The number of anilines is 1. The standard InChI is InChI=1S/C45H48N2O4/c1-6-34-9-8-10-35(7-2)43(34)46-44(48)42-31(4)27-38(28-32(42)5)36-17-21-39(22-18-36)50-29-33-13-19-40(20-14-33)51-41-23-25-47(26-24-41)45(49)37-15-11-30(3)12-16-37/h8-22,27-28,41H,6-7,23-26,29H2,1-5H3,(H,46,48). The first kappa shape index (κ1) is 35.5. The summed E-state index contributed by atoms with van der Waals surface area (Å²) in [5.74, 6) is 1.64. The van der Waals surface area contributed by atoms with E-state index in [9.17, 15) is 9.59 Å². The van der Waals surface area contributed by atoms with Crippen molar-refractivity contribution in [3.05, 3.63) is 148 Å². The van der Waals surface area contributed by atoms with Crippen LogP contribution in [-0.4, -0.2) is 35.9 Å². The van der Waals surface area contributed by atoms with Gasteiger partial charge in [-0.3, -0.25) is 9.59 Å². The average molecular weight is 681 g/mol. The SMILES string of the molecule is CCc1cccc(CC)c1NC(=O)c1c(C)cc(-c2ccc(OCc3ccc(OC4CCN(C(=O)c5ccc(C)cc5)CC4)cc3)cc2)cc1C. The van der Waals surface area contributed by atoms with E-state index in [0.717, 1.165) is 98.5 Å². The van der Waals surface area contributed by atoms with E-state index >= 15 is 0 Å². The minimum Gasteiger partial charge on any atom is -0.490 e. The van der Waals surface area contributed by atoms with Crippen LogP contribution in [0, 0.1) is 20.8 Å². The van der Waals surface area contributed by atoms with Crippen LogP contribution in [0.25, 0.3) is 11.1 Å². The highest BCUT2D eigenvalue weighted by Crippen LogP contribution is 2.30. The molecule has 0 aliphatic carbocycles. The third kappa shape index (κ3) is 8.51. The second-order valence-corrected chi connectivity index (χ2v) is 13.5. The topological polar surface area (TPSA) is 67.9 Å². The second kappa shape index (κ2) is 16.1. The van der Waals surface area contributed by atoms with Gasteiger partial charge in [0.25, 0.3) is 11.8 Å². The zero-order valence-electron chi connectivity index (χ0n) is 30.4. The number of carbonyl (C=O) groups excluding carboxylic acids is 2. The Kier molecular flexibility index (Phi) is 11.2. The van der Waals surface area contributed by atoms with Gasteiger partial charge in [-0.1, -0.05) is 86.1 Å². The van der Waals surface area contributed by atoms with Gasteiger partial charge >= 0.3 is 0 Å². The molecule has 6 rings (SSSR count). The number of hydrogen-bond acceptors (Lipinski definition) is 4. The maximum Gasteiger partial charge on any atom is 0.256 e. The van der Waals surface area contributed by atoms with Gasteiger partial charge in [0.15, 0.2) is 0 Å². The Morgan fingerprint density at radius 2 is 1.31 bits per heavy atom. The summed E-state index contributed by atoms with van der Waals surface area (Å²) in [7, 11) is 0. The first-order chi connectivity index (χ1) is 24.7. The van der Waals surface area contributed by atoms with Crippen LogP contribution in [-0.2, 0) is 19.4 Å². The predicted molar refractivity (Wildman–Crippen MR) is 206 cm³/mol. The van der Waals surface area contributed by atoms with Gasteiger partial charge in [-0.2, -0.15) is 0 Å². The van der Waals surface area contributed by atoms with Crippen LogP contribution in [0.3, 0.4) is 0 Å². The minimum absolute atomic E-state index is 0.0666. The highest BCUT2D eigenvalue weighted by molar-refractivity contribution is 6.07. The lowest BCUT2D eigenvalue weighted by atomic mass is 9.94. The van der Waals surface area contributed by atoms with Crippen molar-refractivity contribution >= 4 is 17.5 Å². The molecular weight excluding hydrogens is 633 g/mol. The summed E-state index contributed by atoms with van der Waals surface area (Å²) in [6.07, 6.45) is 3.44. The number of amides is 2. The monoisotopic (exact) mass is 680 g/mol. The number of piperidine rings is 1. The van der Waals surface area contributed by atoms with Crippen molar-refractivity contribution in [1.29, 1.82) is 0 Å². The summed E-state index contributed by atoms with van der Waals surface area (Å²) in [6.45, 7) is 12.1. The lowest BCUT2D eigenvalue weighted by Gasteiger charge is -2.32. The van der Waals surface area contributed by atoms with Crippen molar-refractivity contribution in [1.82, 2.24) is 4.90 Å².